The number of nitrogens with one attached hydrogen (secondary N) is 1. The average molecular weight is 257 g/mol. The molecule has 1 fully saturated rings. The molecular weight excluding hydrogens is 243 g/mol. The summed E-state index contributed by atoms with van der Waals surface area (Å²) >= 11 is 0. The summed E-state index contributed by atoms with van der Waals surface area (Å²) in [5.74, 6) is 0.314. The molecule has 1 aliphatic heterocycles. The molecular formula is C13H14F3NO. The molecule has 1 aromatic rings. The Bertz CT molecular complexity index is 466. The molecule has 1 N–H and O–H groups in total. The van der Waals surface area contributed by atoms with Gasteiger partial charge in [-0.3, -0.25) is 0 Å². The number of anilines is 1. The SMILES string of the molecule is FC(F)(F)c1ccc2c(c1)OCC1(CCC1)CN2. The van der Waals surface area contributed by atoms with Gasteiger partial charge in [0.05, 0.1) is 17.9 Å². The minimum Gasteiger partial charge on any atom is -0.491 e. The first-order valence-corrected chi connectivity index (χ1v) is 6.07. The van der Waals surface area contributed by atoms with Crippen LogP contribution in [0.5, 0.6) is 5.75 Å². The minimum absolute atomic E-state index is 0.122. The summed E-state index contributed by atoms with van der Waals surface area (Å²) < 4.78 is 43.4. The molecule has 0 aromatic heterocycles. The van der Waals surface area contributed by atoms with Gasteiger partial charge in [-0.2, -0.15) is 13.2 Å². The van der Waals surface area contributed by atoms with E-state index in [9.17, 15) is 13.2 Å². The van der Waals surface area contributed by atoms with E-state index in [2.05, 4.69) is 5.32 Å². The van der Waals surface area contributed by atoms with Crippen molar-refractivity contribution in [3.63, 3.8) is 0 Å². The maximum absolute atomic E-state index is 12.6. The Morgan fingerprint density at radius 1 is 1.22 bits per heavy atom. The van der Waals surface area contributed by atoms with Crippen LogP contribution in [0.25, 0.3) is 0 Å². The van der Waals surface area contributed by atoms with Gasteiger partial charge in [0.1, 0.15) is 5.75 Å². The largest absolute Gasteiger partial charge is 0.491 e. The van der Waals surface area contributed by atoms with E-state index in [1.807, 2.05) is 0 Å². The number of alkyl halides is 3. The van der Waals surface area contributed by atoms with E-state index in [1.54, 1.807) is 0 Å². The van der Waals surface area contributed by atoms with E-state index >= 15 is 0 Å². The molecule has 98 valence electrons. The van der Waals surface area contributed by atoms with Gasteiger partial charge in [0.2, 0.25) is 0 Å². The Morgan fingerprint density at radius 3 is 2.61 bits per heavy atom. The van der Waals surface area contributed by atoms with Gasteiger partial charge in [-0.15, -0.1) is 0 Å². The van der Waals surface area contributed by atoms with Crippen molar-refractivity contribution >= 4 is 5.69 Å². The van der Waals surface area contributed by atoms with Gasteiger partial charge in [-0.05, 0) is 31.0 Å². The van der Waals surface area contributed by atoms with Crippen LogP contribution < -0.4 is 10.1 Å². The normalized spacial score (nSPS) is 21.3. The molecule has 5 heteroatoms. The molecule has 0 amide bonds. The molecule has 1 heterocycles. The number of halogens is 3. The van der Waals surface area contributed by atoms with Crippen LogP contribution in [0.4, 0.5) is 18.9 Å². The van der Waals surface area contributed by atoms with E-state index in [1.165, 1.54) is 12.5 Å². The van der Waals surface area contributed by atoms with Gasteiger partial charge in [0.15, 0.2) is 0 Å². The molecule has 1 saturated carbocycles. The molecule has 18 heavy (non-hydrogen) atoms. The first-order valence-electron chi connectivity index (χ1n) is 6.07. The highest BCUT2D eigenvalue weighted by molar-refractivity contribution is 5.59. The number of fused-ring (bicyclic) bond motifs is 1. The zero-order valence-electron chi connectivity index (χ0n) is 9.81. The highest BCUT2D eigenvalue weighted by Crippen LogP contribution is 2.45. The molecule has 2 aliphatic rings. The number of hydrogen-bond donors (Lipinski definition) is 1. The van der Waals surface area contributed by atoms with Crippen LogP contribution >= 0.6 is 0 Å². The van der Waals surface area contributed by atoms with Crippen molar-refractivity contribution < 1.29 is 17.9 Å². The topological polar surface area (TPSA) is 21.3 Å². The first kappa shape index (κ1) is 11.7. The zero-order chi connectivity index (χ0) is 12.8. The molecule has 0 saturated heterocycles. The maximum atomic E-state index is 12.6. The lowest BCUT2D eigenvalue weighted by Gasteiger charge is -2.40. The van der Waals surface area contributed by atoms with Crippen molar-refractivity contribution in [1.29, 1.82) is 0 Å². The van der Waals surface area contributed by atoms with Crippen LogP contribution in [0, 0.1) is 5.41 Å². The van der Waals surface area contributed by atoms with Crippen molar-refractivity contribution in [3.05, 3.63) is 23.8 Å². The van der Waals surface area contributed by atoms with Crippen LogP contribution in [0.2, 0.25) is 0 Å². The van der Waals surface area contributed by atoms with Crippen LogP contribution in [0.1, 0.15) is 24.8 Å². The third-order valence-electron chi connectivity index (χ3n) is 3.91. The summed E-state index contributed by atoms with van der Waals surface area (Å²) in [5.41, 5.74) is 0.122. The van der Waals surface area contributed by atoms with Crippen molar-refractivity contribution in [2.45, 2.75) is 25.4 Å². The molecule has 0 radical (unpaired) electrons. The van der Waals surface area contributed by atoms with E-state index in [4.69, 9.17) is 4.74 Å². The standard InChI is InChI=1S/C13H14F3NO/c14-13(15,16)9-2-3-10-11(6-9)18-8-12(7-17-10)4-1-5-12/h2-3,6,17H,1,4-5,7-8H2. The summed E-state index contributed by atoms with van der Waals surface area (Å²) in [5, 5.41) is 3.20. The number of hydrogen-bond acceptors (Lipinski definition) is 2. The fraction of sp³-hybridized carbons (Fsp3) is 0.538. The van der Waals surface area contributed by atoms with E-state index in [-0.39, 0.29) is 5.41 Å². The lowest BCUT2D eigenvalue weighted by molar-refractivity contribution is -0.137. The van der Waals surface area contributed by atoms with Crippen molar-refractivity contribution in [2.24, 2.45) is 5.41 Å². The predicted octanol–water partition coefficient (Wildman–Crippen LogP) is 3.68. The van der Waals surface area contributed by atoms with Crippen LogP contribution in [-0.4, -0.2) is 13.2 Å². The van der Waals surface area contributed by atoms with E-state index in [0.29, 0.717) is 18.0 Å². The molecule has 1 aromatic carbocycles. The second-order valence-corrected chi connectivity index (χ2v) is 5.20. The summed E-state index contributed by atoms with van der Waals surface area (Å²) in [4.78, 5) is 0. The summed E-state index contributed by atoms with van der Waals surface area (Å²) in [6, 6.07) is 3.63. The van der Waals surface area contributed by atoms with Gasteiger partial charge in [0.25, 0.3) is 0 Å². The molecule has 1 spiro atoms. The zero-order valence-corrected chi connectivity index (χ0v) is 9.81. The number of benzene rings is 1. The predicted molar refractivity (Wildman–Crippen MR) is 61.7 cm³/mol. The third kappa shape index (κ3) is 1.91. The smallest absolute Gasteiger partial charge is 0.416 e. The molecule has 1 aliphatic carbocycles. The fourth-order valence-electron chi connectivity index (χ4n) is 2.53. The number of rotatable bonds is 0. The Hall–Kier alpha value is -1.39. The highest BCUT2D eigenvalue weighted by atomic mass is 19.4. The quantitative estimate of drug-likeness (QED) is 0.765. The summed E-state index contributed by atoms with van der Waals surface area (Å²) in [6.45, 7) is 1.29. The van der Waals surface area contributed by atoms with Gasteiger partial charge in [-0.25, -0.2) is 0 Å². The monoisotopic (exact) mass is 257 g/mol. The first-order chi connectivity index (χ1) is 8.49. The van der Waals surface area contributed by atoms with Crippen LogP contribution in [0.3, 0.4) is 0 Å². The fourth-order valence-corrected chi connectivity index (χ4v) is 2.53. The van der Waals surface area contributed by atoms with Crippen LogP contribution in [-0.2, 0) is 6.18 Å². The van der Waals surface area contributed by atoms with Gasteiger partial charge in [-0.1, -0.05) is 6.42 Å². The van der Waals surface area contributed by atoms with Gasteiger partial charge < -0.3 is 10.1 Å². The maximum Gasteiger partial charge on any atom is 0.416 e. The average Bonchev–Trinajstić information content (AvgIpc) is 2.45. The van der Waals surface area contributed by atoms with Crippen molar-refractivity contribution in [3.8, 4) is 5.75 Å². The van der Waals surface area contributed by atoms with E-state index in [0.717, 1.165) is 31.5 Å². The molecule has 0 atom stereocenters. The summed E-state index contributed by atoms with van der Waals surface area (Å²) in [6.07, 6.45) is -0.978. The van der Waals surface area contributed by atoms with Gasteiger partial charge in [0, 0.05) is 12.0 Å². The van der Waals surface area contributed by atoms with E-state index < -0.39 is 11.7 Å². The lowest BCUT2D eigenvalue weighted by Crippen LogP contribution is -2.40. The molecule has 0 bridgehead atoms. The Labute approximate surface area is 103 Å². The van der Waals surface area contributed by atoms with Crippen molar-refractivity contribution in [2.75, 3.05) is 18.5 Å². The summed E-state index contributed by atoms with van der Waals surface area (Å²) in [7, 11) is 0. The van der Waals surface area contributed by atoms with Crippen molar-refractivity contribution in [1.82, 2.24) is 0 Å². The lowest BCUT2D eigenvalue weighted by atomic mass is 9.69. The third-order valence-corrected chi connectivity index (χ3v) is 3.91. The molecule has 0 unspecified atom stereocenters. The van der Waals surface area contributed by atoms with Gasteiger partial charge >= 0.3 is 6.18 Å². The second kappa shape index (κ2) is 3.80. The molecule has 2 nitrogen and oxygen atoms in total. The minimum atomic E-state index is -4.32. The second-order valence-electron chi connectivity index (χ2n) is 5.20. The Kier molecular flexibility index (Phi) is 2.47. The Balaban J connectivity index is 1.87. The van der Waals surface area contributed by atoms with Crippen LogP contribution in [0.15, 0.2) is 18.2 Å². The molecule has 3 rings (SSSR count). The Morgan fingerprint density at radius 2 is 2.00 bits per heavy atom. The highest BCUT2D eigenvalue weighted by Gasteiger charge is 2.40. The number of ether oxygens (including phenoxy) is 1.